The molecule has 1 aromatic carbocycles. The van der Waals surface area contributed by atoms with Gasteiger partial charge in [-0.05, 0) is 6.07 Å². The number of nitrogens with zero attached hydrogens (tertiary/aromatic N) is 1. The van der Waals surface area contributed by atoms with Crippen molar-refractivity contribution in [1.82, 2.24) is 4.31 Å². The Bertz CT molecular complexity index is 461. The number of hydrogen-bond donors (Lipinski definition) is 2. The topological polar surface area (TPSA) is 92.9 Å². The summed E-state index contributed by atoms with van der Waals surface area (Å²) in [6, 6.07) is 7.04. The summed E-state index contributed by atoms with van der Waals surface area (Å²) in [4.78, 5) is 0. The molecule has 0 saturated heterocycles. The number of hydrogen-bond acceptors (Lipinski definition) is 4. The highest BCUT2D eigenvalue weighted by Gasteiger charge is 2.18. The number of aliphatic hydroxyl groups is 1. The molecular weight excluding hydrogens is 244 g/mol. The van der Waals surface area contributed by atoms with E-state index in [0.717, 1.165) is 4.31 Å². The summed E-state index contributed by atoms with van der Waals surface area (Å²) in [6.07, 6.45) is 0. The van der Waals surface area contributed by atoms with Gasteiger partial charge in [-0.1, -0.05) is 18.2 Å². The fraction of sp³-hybridized carbons (Fsp3) is 0.400. The van der Waals surface area contributed by atoms with E-state index in [1.807, 2.05) is 0 Å². The van der Waals surface area contributed by atoms with E-state index in [2.05, 4.69) is 0 Å². The second kappa shape index (κ2) is 5.97. The van der Waals surface area contributed by atoms with Gasteiger partial charge in [-0.3, -0.25) is 0 Å². The van der Waals surface area contributed by atoms with Crippen molar-refractivity contribution in [3.05, 3.63) is 29.8 Å². The lowest BCUT2D eigenvalue weighted by Crippen LogP contribution is -2.38. The number of aliphatic hydroxyl groups excluding tert-OH is 1. The summed E-state index contributed by atoms with van der Waals surface area (Å²) >= 11 is 0. The molecule has 0 amide bonds. The zero-order chi connectivity index (χ0) is 12.9. The largest absolute Gasteiger partial charge is 0.496 e. The van der Waals surface area contributed by atoms with Crippen molar-refractivity contribution in [2.45, 2.75) is 6.54 Å². The van der Waals surface area contributed by atoms with Crippen LogP contribution < -0.4 is 9.88 Å². The van der Waals surface area contributed by atoms with Gasteiger partial charge < -0.3 is 9.84 Å². The Balaban J connectivity index is 2.94. The molecule has 1 rings (SSSR count). The number of rotatable bonds is 6. The van der Waals surface area contributed by atoms with Crippen molar-refractivity contribution in [2.24, 2.45) is 5.14 Å². The summed E-state index contributed by atoms with van der Waals surface area (Å²) in [7, 11) is -2.33. The van der Waals surface area contributed by atoms with E-state index in [4.69, 9.17) is 15.0 Å². The standard InChI is InChI=1S/C10H16N2O4S/c1-16-10-5-3-2-4-9(10)8-12(6-7-13)17(11,14)15/h2-5,13H,6-8H2,1H3,(H2,11,14,15). The van der Waals surface area contributed by atoms with Crippen LogP contribution in [-0.4, -0.2) is 38.1 Å². The molecular formula is C10H16N2O4S. The van der Waals surface area contributed by atoms with E-state index < -0.39 is 10.2 Å². The predicted octanol–water partition coefficient (Wildman–Crippen LogP) is -0.307. The van der Waals surface area contributed by atoms with Crippen molar-refractivity contribution >= 4 is 10.2 Å². The summed E-state index contributed by atoms with van der Waals surface area (Å²) in [6.45, 7) is -0.258. The summed E-state index contributed by atoms with van der Waals surface area (Å²) in [5, 5.41) is 13.9. The third kappa shape index (κ3) is 3.97. The summed E-state index contributed by atoms with van der Waals surface area (Å²) in [5.41, 5.74) is 0.692. The van der Waals surface area contributed by atoms with Crippen molar-refractivity contribution < 1.29 is 18.3 Å². The Labute approximate surface area is 101 Å². The third-order valence-corrected chi connectivity index (χ3v) is 3.28. The van der Waals surface area contributed by atoms with Gasteiger partial charge in [0.2, 0.25) is 0 Å². The lowest BCUT2D eigenvalue weighted by Gasteiger charge is -2.19. The van der Waals surface area contributed by atoms with Gasteiger partial charge in [-0.15, -0.1) is 0 Å². The van der Waals surface area contributed by atoms with E-state index in [9.17, 15) is 8.42 Å². The molecule has 0 radical (unpaired) electrons. The molecule has 17 heavy (non-hydrogen) atoms. The SMILES string of the molecule is COc1ccccc1CN(CCO)S(N)(=O)=O. The number of nitrogens with two attached hydrogens (primary N) is 1. The zero-order valence-corrected chi connectivity index (χ0v) is 10.4. The van der Waals surface area contributed by atoms with E-state index >= 15 is 0 Å². The molecule has 96 valence electrons. The van der Waals surface area contributed by atoms with Crippen LogP contribution in [0.5, 0.6) is 5.75 Å². The maximum Gasteiger partial charge on any atom is 0.277 e. The first-order valence-electron chi connectivity index (χ1n) is 4.99. The van der Waals surface area contributed by atoms with Crippen LogP contribution in [0.1, 0.15) is 5.56 Å². The summed E-state index contributed by atoms with van der Waals surface area (Å²) in [5.74, 6) is 0.582. The minimum Gasteiger partial charge on any atom is -0.496 e. The first-order valence-corrected chi connectivity index (χ1v) is 6.50. The van der Waals surface area contributed by atoms with Gasteiger partial charge in [0.1, 0.15) is 5.75 Å². The molecule has 0 aliphatic heterocycles. The molecule has 0 unspecified atom stereocenters. The van der Waals surface area contributed by atoms with Crippen molar-refractivity contribution in [1.29, 1.82) is 0 Å². The van der Waals surface area contributed by atoms with Crippen LogP contribution in [0.2, 0.25) is 0 Å². The molecule has 0 aliphatic rings. The van der Waals surface area contributed by atoms with Crippen LogP contribution >= 0.6 is 0 Å². The second-order valence-corrected chi connectivity index (χ2v) is 4.96. The van der Waals surface area contributed by atoms with E-state index in [0.29, 0.717) is 11.3 Å². The number of ether oxygens (including phenoxy) is 1. The quantitative estimate of drug-likeness (QED) is 0.734. The average Bonchev–Trinajstić information content (AvgIpc) is 2.28. The average molecular weight is 260 g/mol. The van der Waals surface area contributed by atoms with Gasteiger partial charge in [0, 0.05) is 18.7 Å². The molecule has 6 nitrogen and oxygen atoms in total. The van der Waals surface area contributed by atoms with Gasteiger partial charge in [-0.2, -0.15) is 12.7 Å². The maximum absolute atomic E-state index is 11.3. The molecule has 1 aromatic rings. The van der Waals surface area contributed by atoms with E-state index in [1.165, 1.54) is 7.11 Å². The molecule has 0 atom stereocenters. The molecule has 0 heterocycles. The van der Waals surface area contributed by atoms with Crippen LogP contribution in [-0.2, 0) is 16.8 Å². The van der Waals surface area contributed by atoms with E-state index in [-0.39, 0.29) is 19.7 Å². The molecule has 0 aromatic heterocycles. The Morgan fingerprint density at radius 3 is 2.59 bits per heavy atom. The van der Waals surface area contributed by atoms with E-state index in [1.54, 1.807) is 24.3 Å². The molecule has 0 bridgehead atoms. The number of benzene rings is 1. The van der Waals surface area contributed by atoms with Crippen molar-refractivity contribution in [2.75, 3.05) is 20.3 Å². The van der Waals surface area contributed by atoms with Gasteiger partial charge in [-0.25, -0.2) is 5.14 Å². The third-order valence-electron chi connectivity index (χ3n) is 2.25. The lowest BCUT2D eigenvalue weighted by atomic mass is 10.2. The zero-order valence-electron chi connectivity index (χ0n) is 9.54. The molecule has 0 saturated carbocycles. The predicted molar refractivity (Wildman–Crippen MR) is 63.6 cm³/mol. The number of para-hydroxylation sites is 1. The Morgan fingerprint density at radius 2 is 2.06 bits per heavy atom. The summed E-state index contributed by atoms with van der Waals surface area (Å²) < 4.78 is 28.7. The fourth-order valence-corrected chi connectivity index (χ4v) is 2.09. The Morgan fingerprint density at radius 1 is 1.41 bits per heavy atom. The van der Waals surface area contributed by atoms with Crippen LogP contribution in [0, 0.1) is 0 Å². The van der Waals surface area contributed by atoms with Crippen LogP contribution in [0.3, 0.4) is 0 Å². The Kier molecular flexibility index (Phi) is 4.88. The minimum atomic E-state index is -3.83. The molecule has 7 heteroatoms. The highest BCUT2D eigenvalue weighted by atomic mass is 32.2. The van der Waals surface area contributed by atoms with Crippen LogP contribution in [0.15, 0.2) is 24.3 Å². The smallest absolute Gasteiger partial charge is 0.277 e. The Hall–Kier alpha value is -1.15. The van der Waals surface area contributed by atoms with Gasteiger partial charge in [0.25, 0.3) is 10.2 Å². The highest BCUT2D eigenvalue weighted by molar-refractivity contribution is 7.86. The monoisotopic (exact) mass is 260 g/mol. The number of methoxy groups -OCH3 is 1. The molecule has 0 spiro atoms. The van der Waals surface area contributed by atoms with Crippen LogP contribution in [0.25, 0.3) is 0 Å². The highest BCUT2D eigenvalue weighted by Crippen LogP contribution is 2.19. The lowest BCUT2D eigenvalue weighted by molar-refractivity contribution is 0.250. The van der Waals surface area contributed by atoms with Gasteiger partial charge in [0.15, 0.2) is 0 Å². The fourth-order valence-electron chi connectivity index (χ4n) is 1.43. The van der Waals surface area contributed by atoms with Crippen molar-refractivity contribution in [3.8, 4) is 5.75 Å². The van der Waals surface area contributed by atoms with Crippen molar-refractivity contribution in [3.63, 3.8) is 0 Å². The molecule has 3 N–H and O–H groups in total. The van der Waals surface area contributed by atoms with Crippen LogP contribution in [0.4, 0.5) is 0 Å². The molecule has 0 aliphatic carbocycles. The first kappa shape index (κ1) is 13.9. The van der Waals surface area contributed by atoms with Gasteiger partial charge in [0.05, 0.1) is 13.7 Å². The second-order valence-electron chi connectivity index (χ2n) is 3.41. The normalized spacial score (nSPS) is 11.8. The minimum absolute atomic E-state index is 0.0448. The first-order chi connectivity index (χ1) is 7.99. The maximum atomic E-state index is 11.3. The van der Waals surface area contributed by atoms with Gasteiger partial charge >= 0.3 is 0 Å². The molecule has 0 fully saturated rings.